The minimum Gasteiger partial charge on any atom is -0.362 e. The van der Waals surface area contributed by atoms with E-state index >= 15 is 0 Å². The van der Waals surface area contributed by atoms with Gasteiger partial charge in [-0.15, -0.1) is 5.10 Å². The number of pyridine rings is 2. The number of aromatic nitrogens is 6. The molecule has 0 saturated carbocycles. The molecule has 0 aliphatic rings. The lowest BCUT2D eigenvalue weighted by atomic mass is 10.1. The van der Waals surface area contributed by atoms with Crippen molar-refractivity contribution < 1.29 is 4.39 Å². The lowest BCUT2D eigenvalue weighted by molar-refractivity contribution is 0.600. The Bertz CT molecular complexity index is 1430. The number of hydrogen-bond acceptors (Lipinski definition) is 5. The Morgan fingerprint density at radius 2 is 1.94 bits per heavy atom. The number of hydrogen-bond donors (Lipinski definition) is 1. The van der Waals surface area contributed by atoms with Crippen LogP contribution in [-0.2, 0) is 0 Å². The van der Waals surface area contributed by atoms with Gasteiger partial charge in [-0.3, -0.25) is 0 Å². The summed E-state index contributed by atoms with van der Waals surface area (Å²) >= 11 is 5.96. The molecule has 0 bridgehead atoms. The molecule has 0 saturated heterocycles. The summed E-state index contributed by atoms with van der Waals surface area (Å²) in [7, 11) is 0. The van der Waals surface area contributed by atoms with Gasteiger partial charge in [0.2, 0.25) is 0 Å². The van der Waals surface area contributed by atoms with Crippen LogP contribution in [0.5, 0.6) is 0 Å². The number of nitrogens with one attached hydrogen (secondary N) is 1. The third-order valence-electron chi connectivity index (χ3n) is 5.19. The molecule has 0 aliphatic carbocycles. The molecule has 160 valence electrons. The van der Waals surface area contributed by atoms with E-state index in [-0.39, 0.29) is 11.1 Å². The van der Waals surface area contributed by atoms with Gasteiger partial charge in [0.05, 0.1) is 16.8 Å². The highest BCUT2D eigenvalue weighted by atomic mass is 35.5. The van der Waals surface area contributed by atoms with E-state index in [0.29, 0.717) is 17.2 Å². The molecule has 7 nitrogen and oxygen atoms in total. The van der Waals surface area contributed by atoms with Crippen LogP contribution in [0, 0.1) is 12.7 Å². The first-order chi connectivity index (χ1) is 15.5. The maximum Gasteiger partial charge on any atom is 0.155 e. The highest BCUT2D eigenvalue weighted by Crippen LogP contribution is 2.30. The van der Waals surface area contributed by atoms with E-state index in [0.717, 1.165) is 22.6 Å². The van der Waals surface area contributed by atoms with Crippen LogP contribution < -0.4 is 5.32 Å². The fourth-order valence-electron chi connectivity index (χ4n) is 3.61. The highest BCUT2D eigenvalue weighted by molar-refractivity contribution is 6.30. The van der Waals surface area contributed by atoms with Gasteiger partial charge in [-0.05, 0) is 44.2 Å². The van der Waals surface area contributed by atoms with Crippen LogP contribution in [0.4, 0.5) is 10.2 Å². The third-order valence-corrected chi connectivity index (χ3v) is 5.48. The van der Waals surface area contributed by atoms with E-state index in [2.05, 4.69) is 20.4 Å². The first kappa shape index (κ1) is 20.1. The van der Waals surface area contributed by atoms with Crippen molar-refractivity contribution in [2.75, 3.05) is 5.32 Å². The third kappa shape index (κ3) is 3.69. The second kappa shape index (κ2) is 8.05. The largest absolute Gasteiger partial charge is 0.362 e. The van der Waals surface area contributed by atoms with Crippen LogP contribution in [0.25, 0.3) is 22.7 Å². The predicted octanol–water partition coefficient (Wildman–Crippen LogP) is 5.25. The molecule has 0 radical (unpaired) electrons. The van der Waals surface area contributed by atoms with Gasteiger partial charge in [-0.25, -0.2) is 23.6 Å². The number of anilines is 1. The lowest BCUT2D eigenvalue weighted by Gasteiger charge is -2.15. The number of nitrogens with zero attached hydrogens (tertiary/aromatic N) is 6. The summed E-state index contributed by atoms with van der Waals surface area (Å²) < 4.78 is 18.0. The Morgan fingerprint density at radius 1 is 1.09 bits per heavy atom. The average Bonchev–Trinajstić information content (AvgIpc) is 3.42. The van der Waals surface area contributed by atoms with E-state index in [9.17, 15) is 4.39 Å². The predicted molar refractivity (Wildman–Crippen MR) is 122 cm³/mol. The van der Waals surface area contributed by atoms with Crippen LogP contribution in [0.1, 0.15) is 24.2 Å². The molecular weight excluding hydrogens is 429 g/mol. The molecule has 5 rings (SSSR count). The van der Waals surface area contributed by atoms with Gasteiger partial charge in [0.1, 0.15) is 18.0 Å². The van der Waals surface area contributed by atoms with E-state index in [1.54, 1.807) is 21.3 Å². The molecule has 1 atom stereocenters. The van der Waals surface area contributed by atoms with Gasteiger partial charge in [0.25, 0.3) is 0 Å². The summed E-state index contributed by atoms with van der Waals surface area (Å²) in [6.07, 6.45) is 3.35. The molecule has 0 spiro atoms. The van der Waals surface area contributed by atoms with Crippen LogP contribution in [0.15, 0.2) is 67.1 Å². The maximum absolute atomic E-state index is 14.5. The minimum atomic E-state index is -0.438. The van der Waals surface area contributed by atoms with Crippen LogP contribution in [-0.4, -0.2) is 29.4 Å². The molecule has 5 aromatic rings. The van der Waals surface area contributed by atoms with Crippen molar-refractivity contribution in [2.45, 2.75) is 19.9 Å². The topological polar surface area (TPSA) is 72.9 Å². The van der Waals surface area contributed by atoms with Crippen LogP contribution >= 0.6 is 11.6 Å². The molecule has 0 aliphatic heterocycles. The minimum absolute atomic E-state index is 0.0907. The van der Waals surface area contributed by atoms with Crippen LogP contribution in [0.3, 0.4) is 0 Å². The first-order valence-corrected chi connectivity index (χ1v) is 10.4. The zero-order chi connectivity index (χ0) is 22.2. The molecule has 1 aromatic carbocycles. The SMILES string of the molecule is Cc1cccc(-n2nc(NC(C)c3cccc(Cl)c3F)cc2-c2ccn3ncnc3c2)n1. The number of aryl methyl sites for hydroxylation is 1. The molecule has 32 heavy (non-hydrogen) atoms. The van der Waals surface area contributed by atoms with Crippen molar-refractivity contribution in [1.29, 1.82) is 0 Å². The summed E-state index contributed by atoms with van der Waals surface area (Å²) in [6.45, 7) is 3.79. The molecule has 1 N–H and O–H groups in total. The zero-order valence-electron chi connectivity index (χ0n) is 17.4. The molecule has 0 fully saturated rings. The lowest BCUT2D eigenvalue weighted by Crippen LogP contribution is -2.10. The Morgan fingerprint density at radius 3 is 2.78 bits per heavy atom. The van der Waals surface area contributed by atoms with Crippen molar-refractivity contribution in [2.24, 2.45) is 0 Å². The van der Waals surface area contributed by atoms with Crippen molar-refractivity contribution in [3.63, 3.8) is 0 Å². The summed E-state index contributed by atoms with van der Waals surface area (Å²) in [5.74, 6) is 0.818. The summed E-state index contributed by atoms with van der Waals surface area (Å²) in [5, 5.41) is 12.3. The van der Waals surface area contributed by atoms with E-state index in [4.69, 9.17) is 16.7 Å². The number of benzene rings is 1. The molecule has 4 heterocycles. The smallest absolute Gasteiger partial charge is 0.155 e. The van der Waals surface area contributed by atoms with E-state index < -0.39 is 5.82 Å². The van der Waals surface area contributed by atoms with Gasteiger partial charge in [-0.1, -0.05) is 29.8 Å². The van der Waals surface area contributed by atoms with Gasteiger partial charge in [0, 0.05) is 29.1 Å². The normalized spacial score (nSPS) is 12.2. The average molecular weight is 448 g/mol. The number of halogens is 2. The van der Waals surface area contributed by atoms with Crippen molar-refractivity contribution in [1.82, 2.24) is 29.4 Å². The first-order valence-electron chi connectivity index (χ1n) is 10.0. The summed E-state index contributed by atoms with van der Waals surface area (Å²) in [5.41, 5.74) is 3.77. The fraction of sp³-hybridized carbons (Fsp3) is 0.130. The molecule has 1 unspecified atom stereocenters. The quantitative estimate of drug-likeness (QED) is 0.398. The number of fused-ring (bicyclic) bond motifs is 1. The molecular formula is C23H19ClFN7. The maximum atomic E-state index is 14.5. The van der Waals surface area contributed by atoms with Gasteiger partial charge in [-0.2, -0.15) is 5.10 Å². The Labute approximate surface area is 188 Å². The second-order valence-corrected chi connectivity index (χ2v) is 7.86. The standard InChI is InChI=1S/C23H19ClFN7/c1-14-5-3-8-21(28-14)32-19(16-9-10-31-22(11-16)26-13-27-31)12-20(30-32)29-15(2)17-6-4-7-18(24)23(17)25/h3-13,15H,1-2H3,(H,29,30). The fourth-order valence-corrected chi connectivity index (χ4v) is 3.79. The summed E-state index contributed by atoms with van der Waals surface area (Å²) in [6, 6.07) is 16.1. The number of rotatable bonds is 5. The van der Waals surface area contributed by atoms with Crippen molar-refractivity contribution >= 4 is 23.1 Å². The van der Waals surface area contributed by atoms with Crippen LogP contribution in [0.2, 0.25) is 5.02 Å². The molecule has 9 heteroatoms. The van der Waals surface area contributed by atoms with Gasteiger partial charge in [0.15, 0.2) is 11.5 Å². The zero-order valence-corrected chi connectivity index (χ0v) is 18.1. The highest BCUT2D eigenvalue weighted by Gasteiger charge is 2.18. The van der Waals surface area contributed by atoms with Gasteiger partial charge >= 0.3 is 0 Å². The Balaban J connectivity index is 1.58. The van der Waals surface area contributed by atoms with Crippen molar-refractivity contribution in [3.05, 3.63) is 89.2 Å². The Hall–Kier alpha value is -3.78. The molecule has 0 amide bonds. The van der Waals surface area contributed by atoms with Crippen molar-refractivity contribution in [3.8, 4) is 17.1 Å². The monoisotopic (exact) mass is 447 g/mol. The second-order valence-electron chi connectivity index (χ2n) is 7.45. The van der Waals surface area contributed by atoms with E-state index in [1.807, 2.05) is 56.4 Å². The Kier molecular flexibility index (Phi) is 5.07. The van der Waals surface area contributed by atoms with Gasteiger partial charge < -0.3 is 5.32 Å². The summed E-state index contributed by atoms with van der Waals surface area (Å²) in [4.78, 5) is 8.89. The molecule has 4 aromatic heterocycles. The van der Waals surface area contributed by atoms with E-state index in [1.165, 1.54) is 12.4 Å².